The molecule has 0 aliphatic carbocycles. The molecule has 2 aromatic rings. The third-order valence-corrected chi connectivity index (χ3v) is 4.58. The third-order valence-electron chi connectivity index (χ3n) is 4.58. The van der Waals surface area contributed by atoms with E-state index in [1.165, 1.54) is 5.56 Å². The van der Waals surface area contributed by atoms with E-state index in [0.29, 0.717) is 12.1 Å². The molecule has 0 saturated carbocycles. The summed E-state index contributed by atoms with van der Waals surface area (Å²) in [5.74, 6) is 0.833. The molecular formula is C21H34N6. The minimum Gasteiger partial charge on any atom is -0.356 e. The Labute approximate surface area is 163 Å². The van der Waals surface area contributed by atoms with Crippen molar-refractivity contribution < 1.29 is 0 Å². The minimum atomic E-state index is 0.574. The zero-order valence-corrected chi connectivity index (χ0v) is 17.3. The van der Waals surface area contributed by atoms with Crippen LogP contribution in [-0.2, 0) is 6.54 Å². The number of rotatable bonds is 9. The number of hydrogen-bond donors (Lipinski definition) is 2. The normalized spacial score (nSPS) is 12.2. The van der Waals surface area contributed by atoms with Crippen molar-refractivity contribution in [3.63, 3.8) is 0 Å². The number of aromatic nitrogens is 2. The molecule has 0 spiro atoms. The topological polar surface area (TPSA) is 57.5 Å². The lowest BCUT2D eigenvalue weighted by Crippen LogP contribution is -2.41. The second kappa shape index (κ2) is 10.7. The zero-order chi connectivity index (χ0) is 19.6. The van der Waals surface area contributed by atoms with Gasteiger partial charge >= 0.3 is 0 Å². The van der Waals surface area contributed by atoms with Gasteiger partial charge in [0.1, 0.15) is 0 Å². The number of guanidine groups is 1. The van der Waals surface area contributed by atoms with Crippen LogP contribution in [0.4, 0.5) is 0 Å². The number of hydrogen-bond acceptors (Lipinski definition) is 3. The molecule has 6 nitrogen and oxygen atoms in total. The van der Waals surface area contributed by atoms with Gasteiger partial charge in [0.2, 0.25) is 0 Å². The highest BCUT2D eigenvalue weighted by atomic mass is 15.3. The van der Waals surface area contributed by atoms with E-state index in [1.54, 1.807) is 6.20 Å². The average molecular weight is 371 g/mol. The third kappa shape index (κ3) is 6.71. The summed E-state index contributed by atoms with van der Waals surface area (Å²) in [5, 5.41) is 11.1. The molecule has 1 heterocycles. The van der Waals surface area contributed by atoms with Crippen molar-refractivity contribution in [1.29, 1.82) is 0 Å². The predicted octanol–water partition coefficient (Wildman–Crippen LogP) is 3.05. The molecule has 1 aromatic heterocycles. The van der Waals surface area contributed by atoms with Crippen LogP contribution in [0.15, 0.2) is 47.7 Å². The molecule has 6 heteroatoms. The summed E-state index contributed by atoms with van der Waals surface area (Å²) in [6.45, 7) is 11.7. The molecule has 0 saturated heterocycles. The van der Waals surface area contributed by atoms with Crippen LogP contribution in [0.2, 0.25) is 0 Å². The van der Waals surface area contributed by atoms with Gasteiger partial charge in [-0.3, -0.25) is 9.89 Å². The lowest BCUT2D eigenvalue weighted by atomic mass is 10.2. The van der Waals surface area contributed by atoms with E-state index in [1.807, 2.05) is 24.0 Å². The van der Waals surface area contributed by atoms with Crippen molar-refractivity contribution in [3.8, 4) is 5.69 Å². The molecule has 0 amide bonds. The predicted molar refractivity (Wildman–Crippen MR) is 113 cm³/mol. The van der Waals surface area contributed by atoms with E-state index in [9.17, 15) is 0 Å². The Morgan fingerprint density at radius 2 is 1.93 bits per heavy atom. The standard InChI is InChI=1S/C21H34N6/c1-17(2)26(18(3)4)13-7-11-23-21(22-5)24-16-19-9-6-10-20(15-19)27-14-8-12-25-27/h6,8-10,12,14-15,17-18H,7,11,13,16H2,1-5H3,(H2,22,23,24). The molecule has 0 fully saturated rings. The summed E-state index contributed by atoms with van der Waals surface area (Å²) in [6.07, 6.45) is 4.83. The van der Waals surface area contributed by atoms with Crippen LogP contribution in [-0.4, -0.2) is 52.9 Å². The Bertz CT molecular complexity index is 682. The maximum atomic E-state index is 4.33. The van der Waals surface area contributed by atoms with E-state index in [2.05, 4.69) is 77.6 Å². The summed E-state index contributed by atoms with van der Waals surface area (Å²) < 4.78 is 1.87. The summed E-state index contributed by atoms with van der Waals surface area (Å²) >= 11 is 0. The maximum absolute atomic E-state index is 4.33. The first-order chi connectivity index (χ1) is 13.0. The van der Waals surface area contributed by atoms with Gasteiger partial charge in [0.25, 0.3) is 0 Å². The SMILES string of the molecule is CN=C(NCCCN(C(C)C)C(C)C)NCc1cccc(-n2cccn2)c1. The number of nitrogens with one attached hydrogen (secondary N) is 2. The van der Waals surface area contributed by atoms with Crippen LogP contribution >= 0.6 is 0 Å². The smallest absolute Gasteiger partial charge is 0.191 e. The molecule has 0 aliphatic rings. The van der Waals surface area contributed by atoms with Crippen molar-refractivity contribution in [2.24, 2.45) is 4.99 Å². The Morgan fingerprint density at radius 1 is 1.15 bits per heavy atom. The first-order valence-electron chi connectivity index (χ1n) is 9.80. The van der Waals surface area contributed by atoms with Crippen LogP contribution < -0.4 is 10.6 Å². The number of aliphatic imine (C=N–C) groups is 1. The molecule has 0 bridgehead atoms. The van der Waals surface area contributed by atoms with Gasteiger partial charge < -0.3 is 10.6 Å². The van der Waals surface area contributed by atoms with Crippen LogP contribution in [0.1, 0.15) is 39.7 Å². The van der Waals surface area contributed by atoms with Crippen LogP contribution in [0.3, 0.4) is 0 Å². The minimum absolute atomic E-state index is 0.574. The van der Waals surface area contributed by atoms with Gasteiger partial charge in [0.05, 0.1) is 5.69 Å². The molecule has 0 aliphatic heterocycles. The van der Waals surface area contributed by atoms with Gasteiger partial charge in [-0.1, -0.05) is 12.1 Å². The Morgan fingerprint density at radius 3 is 2.56 bits per heavy atom. The fraction of sp³-hybridized carbons (Fsp3) is 0.524. The van der Waals surface area contributed by atoms with Gasteiger partial charge in [0, 0.05) is 51.2 Å². The van der Waals surface area contributed by atoms with Crippen molar-refractivity contribution in [3.05, 3.63) is 48.3 Å². The monoisotopic (exact) mass is 370 g/mol. The molecule has 148 valence electrons. The van der Waals surface area contributed by atoms with Crippen molar-refractivity contribution in [2.45, 2.75) is 52.7 Å². The molecule has 2 rings (SSSR count). The summed E-state index contributed by atoms with van der Waals surface area (Å²) in [5.41, 5.74) is 2.25. The van der Waals surface area contributed by atoms with Gasteiger partial charge in [-0.05, 0) is 57.9 Å². The van der Waals surface area contributed by atoms with E-state index in [-0.39, 0.29) is 0 Å². The molecule has 2 N–H and O–H groups in total. The lowest BCUT2D eigenvalue weighted by molar-refractivity contribution is 0.173. The largest absolute Gasteiger partial charge is 0.356 e. The Balaban J connectivity index is 1.78. The second-order valence-electron chi connectivity index (χ2n) is 7.25. The highest BCUT2D eigenvalue weighted by Gasteiger charge is 2.12. The van der Waals surface area contributed by atoms with Gasteiger partial charge in [-0.25, -0.2) is 4.68 Å². The fourth-order valence-electron chi connectivity index (χ4n) is 3.22. The summed E-state index contributed by atoms with van der Waals surface area (Å²) in [4.78, 5) is 6.84. The molecular weight excluding hydrogens is 336 g/mol. The summed E-state index contributed by atoms with van der Waals surface area (Å²) in [7, 11) is 1.81. The van der Waals surface area contributed by atoms with E-state index in [0.717, 1.165) is 37.7 Å². The van der Waals surface area contributed by atoms with Crippen molar-refractivity contribution in [2.75, 3.05) is 20.1 Å². The Kier molecular flexibility index (Phi) is 8.33. The average Bonchev–Trinajstić information content (AvgIpc) is 3.18. The molecule has 1 aromatic carbocycles. The van der Waals surface area contributed by atoms with Crippen molar-refractivity contribution in [1.82, 2.24) is 25.3 Å². The highest BCUT2D eigenvalue weighted by Crippen LogP contribution is 2.09. The zero-order valence-electron chi connectivity index (χ0n) is 17.3. The van der Waals surface area contributed by atoms with Crippen molar-refractivity contribution >= 4 is 5.96 Å². The second-order valence-corrected chi connectivity index (χ2v) is 7.25. The van der Waals surface area contributed by atoms with Crippen LogP contribution in [0, 0.1) is 0 Å². The molecule has 27 heavy (non-hydrogen) atoms. The molecule has 0 unspecified atom stereocenters. The fourth-order valence-corrected chi connectivity index (χ4v) is 3.22. The maximum Gasteiger partial charge on any atom is 0.191 e. The van der Waals surface area contributed by atoms with Gasteiger partial charge in [-0.15, -0.1) is 0 Å². The van der Waals surface area contributed by atoms with E-state index in [4.69, 9.17) is 0 Å². The number of benzene rings is 1. The Hall–Kier alpha value is -2.34. The van der Waals surface area contributed by atoms with Crippen LogP contribution in [0.5, 0.6) is 0 Å². The van der Waals surface area contributed by atoms with Gasteiger partial charge in [0.15, 0.2) is 5.96 Å². The quantitative estimate of drug-likeness (QED) is 0.405. The first-order valence-corrected chi connectivity index (χ1v) is 9.80. The van der Waals surface area contributed by atoms with Crippen LogP contribution in [0.25, 0.3) is 5.69 Å². The summed E-state index contributed by atoms with van der Waals surface area (Å²) in [6, 6.07) is 11.4. The van der Waals surface area contributed by atoms with E-state index >= 15 is 0 Å². The number of nitrogens with zero attached hydrogens (tertiary/aromatic N) is 4. The van der Waals surface area contributed by atoms with E-state index < -0.39 is 0 Å². The highest BCUT2D eigenvalue weighted by molar-refractivity contribution is 5.79. The molecule has 0 atom stereocenters. The van der Waals surface area contributed by atoms with Gasteiger partial charge in [-0.2, -0.15) is 5.10 Å². The first kappa shape index (κ1) is 21.0. The molecule has 0 radical (unpaired) electrons. The lowest BCUT2D eigenvalue weighted by Gasteiger charge is -2.30.